The van der Waals surface area contributed by atoms with Gasteiger partial charge in [-0.2, -0.15) is 0 Å². The van der Waals surface area contributed by atoms with Gasteiger partial charge in [0.05, 0.1) is 0 Å². The van der Waals surface area contributed by atoms with Crippen LogP contribution in [0.4, 0.5) is 5.69 Å². The molecular weight excluding hydrogens is 264 g/mol. The molecule has 0 aliphatic heterocycles. The topological polar surface area (TPSA) is 52.6 Å². The summed E-state index contributed by atoms with van der Waals surface area (Å²) in [6.07, 6.45) is 3.00. The van der Waals surface area contributed by atoms with Gasteiger partial charge in [-0.25, -0.2) is 0 Å². The highest BCUT2D eigenvalue weighted by atomic mass is 16.3. The first-order chi connectivity index (χ1) is 10.1. The summed E-state index contributed by atoms with van der Waals surface area (Å²) in [6.45, 7) is 7.05. The van der Waals surface area contributed by atoms with Crippen LogP contribution in [0.15, 0.2) is 24.3 Å². The molecule has 0 saturated heterocycles. The van der Waals surface area contributed by atoms with Crippen molar-refractivity contribution in [2.24, 2.45) is 5.41 Å². The third-order valence-electron chi connectivity index (χ3n) is 4.48. The van der Waals surface area contributed by atoms with Crippen LogP contribution in [0.5, 0.6) is 0 Å². The molecule has 0 aromatic heterocycles. The summed E-state index contributed by atoms with van der Waals surface area (Å²) in [5.41, 5.74) is 2.01. The number of carbonyl (C=O) groups excluding carboxylic acids is 1. The largest absolute Gasteiger partial charge is 0.396 e. The van der Waals surface area contributed by atoms with Crippen LogP contribution in [0, 0.1) is 5.41 Å². The van der Waals surface area contributed by atoms with Gasteiger partial charge in [0.15, 0.2) is 0 Å². The van der Waals surface area contributed by atoms with E-state index in [1.807, 2.05) is 24.3 Å². The lowest BCUT2D eigenvalue weighted by Gasteiger charge is -2.21. The van der Waals surface area contributed by atoms with Crippen molar-refractivity contribution in [3.8, 4) is 0 Å². The molecule has 4 heteroatoms. The van der Waals surface area contributed by atoms with Gasteiger partial charge in [-0.3, -0.25) is 4.79 Å². The molecule has 0 atom stereocenters. The molecule has 1 aromatic rings. The number of hydrogen-bond donors (Lipinski definition) is 2. The van der Waals surface area contributed by atoms with Crippen LogP contribution in [-0.4, -0.2) is 37.3 Å². The fourth-order valence-corrected chi connectivity index (χ4v) is 2.71. The highest BCUT2D eigenvalue weighted by Gasteiger charge is 2.41. The summed E-state index contributed by atoms with van der Waals surface area (Å²) in [4.78, 5) is 14.4. The van der Waals surface area contributed by atoms with Gasteiger partial charge in [-0.15, -0.1) is 0 Å². The lowest BCUT2D eigenvalue weighted by Crippen LogP contribution is -2.30. The van der Waals surface area contributed by atoms with Crippen LogP contribution < -0.4 is 10.2 Å². The molecule has 1 aliphatic rings. The Labute approximate surface area is 127 Å². The van der Waals surface area contributed by atoms with E-state index in [4.69, 9.17) is 5.11 Å². The number of amides is 1. The summed E-state index contributed by atoms with van der Waals surface area (Å²) < 4.78 is 0. The Balaban J connectivity index is 1.91. The first kappa shape index (κ1) is 15.8. The van der Waals surface area contributed by atoms with Gasteiger partial charge >= 0.3 is 0 Å². The number of nitrogens with zero attached hydrogens (tertiary/aromatic N) is 1. The summed E-state index contributed by atoms with van der Waals surface area (Å²) in [5.74, 6) is -0.0229. The minimum atomic E-state index is -0.0229. The number of carbonyl (C=O) groups is 1. The second-order valence-electron chi connectivity index (χ2n) is 5.88. The summed E-state index contributed by atoms with van der Waals surface area (Å²) in [6, 6.07) is 7.77. The highest BCUT2D eigenvalue weighted by Crippen LogP contribution is 2.47. The number of anilines is 1. The molecule has 1 fully saturated rings. The van der Waals surface area contributed by atoms with E-state index in [0.29, 0.717) is 12.1 Å². The van der Waals surface area contributed by atoms with Gasteiger partial charge in [0.1, 0.15) is 0 Å². The molecule has 0 radical (unpaired) electrons. The van der Waals surface area contributed by atoms with Crippen molar-refractivity contribution in [2.75, 3.05) is 31.1 Å². The smallest absolute Gasteiger partial charge is 0.251 e. The van der Waals surface area contributed by atoms with E-state index in [-0.39, 0.29) is 17.9 Å². The molecule has 1 amide bonds. The van der Waals surface area contributed by atoms with Crippen LogP contribution in [0.1, 0.15) is 43.5 Å². The Hall–Kier alpha value is -1.55. The van der Waals surface area contributed by atoms with Crippen LogP contribution in [0.3, 0.4) is 0 Å². The molecule has 2 N–H and O–H groups in total. The van der Waals surface area contributed by atoms with E-state index in [1.165, 1.54) is 0 Å². The lowest BCUT2D eigenvalue weighted by atomic mass is 10.0. The predicted molar refractivity (Wildman–Crippen MR) is 85.7 cm³/mol. The Morgan fingerprint density at radius 3 is 2.33 bits per heavy atom. The van der Waals surface area contributed by atoms with Crippen molar-refractivity contribution in [1.29, 1.82) is 0 Å². The van der Waals surface area contributed by atoms with Crippen molar-refractivity contribution in [3.05, 3.63) is 29.8 Å². The third-order valence-corrected chi connectivity index (χ3v) is 4.48. The van der Waals surface area contributed by atoms with E-state index in [2.05, 4.69) is 24.1 Å². The van der Waals surface area contributed by atoms with E-state index >= 15 is 0 Å². The molecule has 1 aromatic carbocycles. The van der Waals surface area contributed by atoms with Crippen LogP contribution in [0.25, 0.3) is 0 Å². The highest BCUT2D eigenvalue weighted by molar-refractivity contribution is 5.94. The fourth-order valence-electron chi connectivity index (χ4n) is 2.71. The normalized spacial score (nSPS) is 15.6. The zero-order valence-electron chi connectivity index (χ0n) is 13.1. The first-order valence-electron chi connectivity index (χ1n) is 7.88. The van der Waals surface area contributed by atoms with Crippen molar-refractivity contribution in [3.63, 3.8) is 0 Å². The number of nitrogens with one attached hydrogen (secondary N) is 1. The number of aliphatic hydroxyl groups excluding tert-OH is 1. The maximum atomic E-state index is 12.2. The van der Waals surface area contributed by atoms with Crippen LogP contribution in [-0.2, 0) is 0 Å². The predicted octanol–water partition coefficient (Wildman–Crippen LogP) is 2.43. The zero-order valence-corrected chi connectivity index (χ0v) is 13.1. The van der Waals surface area contributed by atoms with Crippen LogP contribution in [0.2, 0.25) is 0 Å². The minimum Gasteiger partial charge on any atom is -0.396 e. The standard InChI is InChI=1S/C17H26N2O2/c1-3-19(4-2)15-7-5-14(6-8-15)16(21)18-13-17(9-10-17)11-12-20/h5-8,20H,3-4,9-13H2,1-2H3,(H,18,21). The molecule has 1 aliphatic carbocycles. The molecule has 4 nitrogen and oxygen atoms in total. The minimum absolute atomic E-state index is 0.0229. The van der Waals surface area contributed by atoms with Gasteiger partial charge in [-0.1, -0.05) is 0 Å². The molecule has 2 rings (SSSR count). The lowest BCUT2D eigenvalue weighted by molar-refractivity contribution is 0.0941. The number of benzene rings is 1. The number of hydrogen-bond acceptors (Lipinski definition) is 3. The average molecular weight is 290 g/mol. The average Bonchev–Trinajstić information content (AvgIpc) is 3.27. The number of rotatable bonds is 8. The van der Waals surface area contributed by atoms with Gasteiger partial charge in [0.2, 0.25) is 0 Å². The Kier molecular flexibility index (Phi) is 5.23. The first-order valence-corrected chi connectivity index (χ1v) is 7.88. The van der Waals surface area contributed by atoms with E-state index < -0.39 is 0 Å². The van der Waals surface area contributed by atoms with Crippen LogP contribution >= 0.6 is 0 Å². The van der Waals surface area contributed by atoms with E-state index in [1.54, 1.807) is 0 Å². The maximum absolute atomic E-state index is 12.2. The third kappa shape index (κ3) is 3.97. The summed E-state index contributed by atoms with van der Waals surface area (Å²) in [5, 5.41) is 12.0. The second-order valence-corrected chi connectivity index (χ2v) is 5.88. The van der Waals surface area contributed by atoms with Crippen molar-refractivity contribution in [2.45, 2.75) is 33.1 Å². The molecule has 1 saturated carbocycles. The summed E-state index contributed by atoms with van der Waals surface area (Å²) in [7, 11) is 0. The van der Waals surface area contributed by atoms with Crippen molar-refractivity contribution in [1.82, 2.24) is 5.32 Å². The van der Waals surface area contributed by atoms with Gasteiger partial charge in [-0.05, 0) is 62.8 Å². The summed E-state index contributed by atoms with van der Waals surface area (Å²) >= 11 is 0. The second kappa shape index (κ2) is 6.94. The Morgan fingerprint density at radius 1 is 1.24 bits per heavy atom. The van der Waals surface area contributed by atoms with Crippen molar-refractivity contribution >= 4 is 11.6 Å². The van der Waals surface area contributed by atoms with E-state index in [9.17, 15) is 4.79 Å². The zero-order chi connectivity index (χ0) is 15.3. The molecule has 0 heterocycles. The molecule has 0 bridgehead atoms. The molecule has 0 unspecified atom stereocenters. The molecule has 21 heavy (non-hydrogen) atoms. The molecule has 116 valence electrons. The fraction of sp³-hybridized carbons (Fsp3) is 0.588. The monoisotopic (exact) mass is 290 g/mol. The quantitative estimate of drug-likeness (QED) is 0.773. The van der Waals surface area contributed by atoms with E-state index in [0.717, 1.165) is 38.0 Å². The van der Waals surface area contributed by atoms with Gasteiger partial charge in [0, 0.05) is 37.5 Å². The maximum Gasteiger partial charge on any atom is 0.251 e. The van der Waals surface area contributed by atoms with Crippen molar-refractivity contribution < 1.29 is 9.90 Å². The number of aliphatic hydroxyl groups is 1. The van der Waals surface area contributed by atoms with Gasteiger partial charge < -0.3 is 15.3 Å². The Bertz CT molecular complexity index is 462. The van der Waals surface area contributed by atoms with Gasteiger partial charge in [0.25, 0.3) is 5.91 Å². The SMILES string of the molecule is CCN(CC)c1ccc(C(=O)NCC2(CCO)CC2)cc1. The Morgan fingerprint density at radius 2 is 1.86 bits per heavy atom. The molecular formula is C17H26N2O2. The molecule has 0 spiro atoms.